The van der Waals surface area contributed by atoms with Gasteiger partial charge < -0.3 is 4.74 Å². The number of carbonyl (C=O) groups excluding carboxylic acids is 1. The van der Waals surface area contributed by atoms with Gasteiger partial charge in [-0.1, -0.05) is 12.2 Å². The van der Waals surface area contributed by atoms with Crippen molar-refractivity contribution in [1.82, 2.24) is 4.90 Å². The van der Waals surface area contributed by atoms with Crippen LogP contribution in [0.3, 0.4) is 0 Å². The lowest BCUT2D eigenvalue weighted by molar-refractivity contribution is -0.198. The molecule has 1 atom stereocenters. The van der Waals surface area contributed by atoms with Gasteiger partial charge in [0.15, 0.2) is 6.10 Å². The number of carbonyl (C=O) groups is 1. The first-order valence-corrected chi connectivity index (χ1v) is 4.48. The number of hydrogen-bond donors (Lipinski definition) is 0. The van der Waals surface area contributed by atoms with Crippen LogP contribution in [0.2, 0.25) is 0 Å². The minimum absolute atomic E-state index is 0.779. The quantitative estimate of drug-likeness (QED) is 0.696. The molecule has 3 nitrogen and oxygen atoms in total. The summed E-state index contributed by atoms with van der Waals surface area (Å²) in [4.78, 5) is 12.2. The van der Waals surface area contributed by atoms with Gasteiger partial charge >= 0.3 is 12.3 Å². The van der Waals surface area contributed by atoms with Gasteiger partial charge in [0.2, 0.25) is 0 Å². The third-order valence-corrected chi connectivity index (χ3v) is 1.78. The molecule has 1 heterocycles. The topological polar surface area (TPSA) is 29.5 Å². The molecule has 1 rings (SSSR count). The Labute approximate surface area is 90.5 Å². The van der Waals surface area contributed by atoms with Gasteiger partial charge in [0, 0.05) is 12.4 Å². The fourth-order valence-electron chi connectivity index (χ4n) is 0.863. The Morgan fingerprint density at radius 3 is 2.12 bits per heavy atom. The van der Waals surface area contributed by atoms with E-state index in [1.54, 1.807) is 12.2 Å². The molecule has 0 N–H and O–H groups in total. The van der Waals surface area contributed by atoms with Crippen LogP contribution in [0.1, 0.15) is 6.92 Å². The molecule has 0 aromatic carbocycles. The average Bonchev–Trinajstić information content (AvgIpc) is 2.43. The Morgan fingerprint density at radius 1 is 1.19 bits per heavy atom. The third kappa shape index (κ3) is 3.45. The van der Waals surface area contributed by atoms with Crippen LogP contribution in [0.4, 0.5) is 18.0 Å². The number of nitrogens with zero attached hydrogens (tertiary/aromatic N) is 1. The summed E-state index contributed by atoms with van der Waals surface area (Å²) < 4.78 is 40.6. The number of hydrogen-bond acceptors (Lipinski definition) is 2. The summed E-state index contributed by atoms with van der Waals surface area (Å²) in [6.07, 6.45) is 1.18. The molecule has 0 aromatic heterocycles. The number of ether oxygens (including phenoxy) is 1. The van der Waals surface area contributed by atoms with E-state index in [-0.39, 0.29) is 0 Å². The van der Waals surface area contributed by atoms with Crippen LogP contribution in [-0.2, 0) is 4.74 Å². The first kappa shape index (κ1) is 12.4. The van der Waals surface area contributed by atoms with Gasteiger partial charge in [-0.3, -0.25) is 4.90 Å². The zero-order valence-corrected chi connectivity index (χ0v) is 8.44. The van der Waals surface area contributed by atoms with Gasteiger partial charge in [0.05, 0.1) is 0 Å². The molecule has 0 bridgehead atoms. The lowest BCUT2D eigenvalue weighted by atomic mass is 10.4. The molecule has 0 fully saturated rings. The first-order chi connectivity index (χ1) is 7.41. The summed E-state index contributed by atoms with van der Waals surface area (Å²) >= 11 is 0. The second kappa shape index (κ2) is 4.87. The Morgan fingerprint density at radius 2 is 1.69 bits per heavy atom. The van der Waals surface area contributed by atoms with E-state index in [0.717, 1.165) is 11.8 Å². The van der Waals surface area contributed by atoms with E-state index in [1.165, 1.54) is 24.6 Å². The van der Waals surface area contributed by atoms with Crippen molar-refractivity contribution in [1.29, 1.82) is 0 Å². The summed E-state index contributed by atoms with van der Waals surface area (Å²) in [5.41, 5.74) is 0. The second-order valence-corrected chi connectivity index (χ2v) is 3.04. The van der Waals surface area contributed by atoms with E-state index in [9.17, 15) is 18.0 Å². The molecular formula is C10H10F3NO2. The molecule has 88 valence electrons. The smallest absolute Gasteiger partial charge is 0.425 e. The molecule has 0 spiro atoms. The maximum absolute atomic E-state index is 12.1. The van der Waals surface area contributed by atoms with E-state index >= 15 is 0 Å². The van der Waals surface area contributed by atoms with Crippen LogP contribution in [-0.4, -0.2) is 23.3 Å². The number of allylic oxidation sites excluding steroid dienone is 4. The SMILES string of the molecule is CC(OC(=O)N1C=CC=CC=C1)C(F)(F)F. The molecule has 0 radical (unpaired) electrons. The van der Waals surface area contributed by atoms with Crippen LogP contribution in [0.25, 0.3) is 0 Å². The maximum Gasteiger partial charge on any atom is 0.425 e. The predicted molar refractivity (Wildman–Crippen MR) is 51.3 cm³/mol. The Bertz CT molecular complexity index is 328. The zero-order valence-electron chi connectivity index (χ0n) is 8.44. The molecule has 1 aliphatic rings. The standard InChI is InChI=1S/C10H10F3NO2/c1-8(10(11,12)13)16-9(15)14-6-4-2-3-5-7-14/h2-8H,1H3. The number of rotatable bonds is 1. The van der Waals surface area contributed by atoms with E-state index in [2.05, 4.69) is 4.74 Å². The minimum atomic E-state index is -4.55. The number of halogens is 3. The summed E-state index contributed by atoms with van der Waals surface area (Å²) in [6.45, 7) is 0.779. The molecule has 1 unspecified atom stereocenters. The van der Waals surface area contributed by atoms with Gasteiger partial charge in [-0.2, -0.15) is 13.2 Å². The van der Waals surface area contributed by atoms with Crippen molar-refractivity contribution in [2.75, 3.05) is 0 Å². The predicted octanol–water partition coefficient (Wildman–Crippen LogP) is 2.97. The fourth-order valence-corrected chi connectivity index (χ4v) is 0.863. The van der Waals surface area contributed by atoms with Crippen molar-refractivity contribution < 1.29 is 22.7 Å². The Kier molecular flexibility index (Phi) is 3.76. The summed E-state index contributed by atoms with van der Waals surface area (Å²) in [5, 5.41) is 0. The average molecular weight is 233 g/mol. The molecule has 0 aliphatic carbocycles. The largest absolute Gasteiger partial charge is 0.436 e. The third-order valence-electron chi connectivity index (χ3n) is 1.78. The van der Waals surface area contributed by atoms with Crippen molar-refractivity contribution in [3.8, 4) is 0 Å². The van der Waals surface area contributed by atoms with Gasteiger partial charge in [0.25, 0.3) is 0 Å². The first-order valence-electron chi connectivity index (χ1n) is 4.48. The maximum atomic E-state index is 12.1. The van der Waals surface area contributed by atoms with Crippen LogP contribution >= 0.6 is 0 Å². The lowest BCUT2D eigenvalue weighted by Gasteiger charge is -2.19. The van der Waals surface area contributed by atoms with E-state index in [0.29, 0.717) is 0 Å². The number of amides is 1. The molecule has 1 aliphatic heterocycles. The number of alkyl halides is 3. The van der Waals surface area contributed by atoms with Gasteiger partial charge in [0.1, 0.15) is 0 Å². The molecule has 6 heteroatoms. The second-order valence-electron chi connectivity index (χ2n) is 3.04. The molecule has 1 amide bonds. The molecule has 0 saturated heterocycles. The van der Waals surface area contributed by atoms with Crippen molar-refractivity contribution in [3.05, 3.63) is 36.7 Å². The highest BCUT2D eigenvalue weighted by molar-refractivity contribution is 5.70. The summed E-state index contributed by atoms with van der Waals surface area (Å²) in [5.74, 6) is 0. The van der Waals surface area contributed by atoms with Crippen LogP contribution < -0.4 is 0 Å². The molecule has 16 heavy (non-hydrogen) atoms. The highest BCUT2D eigenvalue weighted by atomic mass is 19.4. The fraction of sp³-hybridized carbons (Fsp3) is 0.300. The highest BCUT2D eigenvalue weighted by Crippen LogP contribution is 2.23. The normalized spacial score (nSPS) is 17.1. The van der Waals surface area contributed by atoms with Gasteiger partial charge in [-0.25, -0.2) is 4.79 Å². The van der Waals surface area contributed by atoms with Crippen molar-refractivity contribution in [2.24, 2.45) is 0 Å². The monoisotopic (exact) mass is 233 g/mol. The minimum Gasteiger partial charge on any atom is -0.436 e. The van der Waals surface area contributed by atoms with Gasteiger partial charge in [-0.15, -0.1) is 0 Å². The van der Waals surface area contributed by atoms with Crippen LogP contribution in [0, 0.1) is 0 Å². The lowest BCUT2D eigenvalue weighted by Crippen LogP contribution is -2.34. The molecular weight excluding hydrogens is 223 g/mol. The van der Waals surface area contributed by atoms with E-state index in [4.69, 9.17) is 0 Å². The van der Waals surface area contributed by atoms with Crippen LogP contribution in [0.15, 0.2) is 36.7 Å². The molecule has 0 aromatic rings. The van der Waals surface area contributed by atoms with Gasteiger partial charge in [-0.05, 0) is 19.1 Å². The Balaban J connectivity index is 2.59. The van der Waals surface area contributed by atoms with E-state index in [1.807, 2.05) is 0 Å². The van der Waals surface area contributed by atoms with Crippen LogP contribution in [0.5, 0.6) is 0 Å². The highest BCUT2D eigenvalue weighted by Gasteiger charge is 2.39. The van der Waals surface area contributed by atoms with Crippen molar-refractivity contribution in [2.45, 2.75) is 19.2 Å². The summed E-state index contributed by atoms with van der Waals surface area (Å²) in [6, 6.07) is 0. The van der Waals surface area contributed by atoms with E-state index < -0.39 is 18.4 Å². The Hall–Kier alpha value is -1.72. The summed E-state index contributed by atoms with van der Waals surface area (Å²) in [7, 11) is 0. The van der Waals surface area contributed by atoms with Crippen molar-refractivity contribution in [3.63, 3.8) is 0 Å². The van der Waals surface area contributed by atoms with Crippen molar-refractivity contribution >= 4 is 6.09 Å². The zero-order chi connectivity index (χ0) is 12.2. The molecule has 0 saturated carbocycles.